The molecule has 0 radical (unpaired) electrons. The van der Waals surface area contributed by atoms with Gasteiger partial charge in [-0.15, -0.1) is 32.9 Å². The van der Waals surface area contributed by atoms with Crippen molar-refractivity contribution in [3.63, 3.8) is 0 Å². The summed E-state index contributed by atoms with van der Waals surface area (Å²) in [6, 6.07) is 17.7. The highest BCUT2D eigenvalue weighted by molar-refractivity contribution is 7.19. The number of fused-ring (bicyclic) bond motifs is 1. The van der Waals surface area contributed by atoms with Crippen LogP contribution in [-0.2, 0) is 25.7 Å². The number of amides is 4. The second-order valence-corrected chi connectivity index (χ2v) is 18.0. The molecular formula is C43H49N7O5S2. The number of para-hydroxylation sites is 1. The standard InChI is InChI=1S/C43H49N7O5S2/c1-26-39(56-25-45-26)29-13-11-27(12-14-29)24-44-41(54)33-9-7-19-50(33)42(55)40(43(2,3)4)46-37(52)15-16-38(53)49-20-17-28(18-21-49)35-23-32-36(57-35)22-31(47-48-32)30-8-5-6-10-34(30)51/h5-6,8,10-14,22-23,25,28,33,40,51H,7,9,15-21,24H2,1-4H3,(H,44,54)(H,46,52)/t33-,40+/m0/s1. The molecule has 7 rings (SSSR count). The van der Waals surface area contributed by atoms with Crippen LogP contribution < -0.4 is 10.6 Å². The van der Waals surface area contributed by atoms with Crippen LogP contribution in [0.5, 0.6) is 5.75 Å². The number of benzene rings is 2. The van der Waals surface area contributed by atoms with E-state index in [2.05, 4.69) is 31.9 Å². The maximum Gasteiger partial charge on any atom is 0.246 e. The summed E-state index contributed by atoms with van der Waals surface area (Å²) in [7, 11) is 0. The molecule has 2 atom stereocenters. The SMILES string of the molecule is Cc1ncsc1-c1ccc(CNC(=O)[C@@H]2CCCN2C(=O)[C@@H](NC(=O)CCC(=O)N2CCC(c3cc4nnc(-c5ccccc5O)cc4s3)CC2)C(C)(C)C)cc1. The average molecular weight is 808 g/mol. The molecule has 2 aliphatic rings. The molecule has 3 N–H and O–H groups in total. The van der Waals surface area contributed by atoms with Crippen molar-refractivity contribution in [3.8, 4) is 27.4 Å². The number of aromatic nitrogens is 3. The monoisotopic (exact) mass is 807 g/mol. The molecular weight excluding hydrogens is 759 g/mol. The minimum atomic E-state index is -0.854. The number of thiophene rings is 1. The van der Waals surface area contributed by atoms with Crippen LogP contribution in [0.3, 0.4) is 0 Å². The second-order valence-electron chi connectivity index (χ2n) is 16.0. The first kappa shape index (κ1) is 40.0. The molecule has 0 aliphatic carbocycles. The van der Waals surface area contributed by atoms with Crippen molar-refractivity contribution in [2.24, 2.45) is 5.41 Å². The quantitative estimate of drug-likeness (QED) is 0.131. The van der Waals surface area contributed by atoms with E-state index >= 15 is 0 Å². The Bertz CT molecular complexity index is 2260. The summed E-state index contributed by atoms with van der Waals surface area (Å²) < 4.78 is 0.999. The number of phenolic OH excluding ortho intramolecular Hbond substituents is 1. The third-order valence-electron chi connectivity index (χ3n) is 11.0. The Morgan fingerprint density at radius 2 is 1.70 bits per heavy atom. The van der Waals surface area contributed by atoms with Crippen LogP contribution in [0.1, 0.15) is 81.3 Å². The van der Waals surface area contributed by atoms with Gasteiger partial charge in [0.2, 0.25) is 23.6 Å². The number of aromatic hydroxyl groups is 1. The molecule has 12 nitrogen and oxygen atoms in total. The molecule has 2 saturated heterocycles. The molecule has 14 heteroatoms. The van der Waals surface area contributed by atoms with Crippen LogP contribution in [-0.4, -0.2) is 85.4 Å². The smallest absolute Gasteiger partial charge is 0.246 e. The second kappa shape index (κ2) is 17.1. The number of aryl methyl sites for hydroxylation is 1. The van der Waals surface area contributed by atoms with Gasteiger partial charge in [0.1, 0.15) is 23.3 Å². The Kier molecular flexibility index (Phi) is 12.0. The fourth-order valence-corrected chi connectivity index (χ4v) is 9.70. The Morgan fingerprint density at radius 1 is 0.947 bits per heavy atom. The summed E-state index contributed by atoms with van der Waals surface area (Å²) >= 11 is 3.26. The van der Waals surface area contributed by atoms with Crippen LogP contribution in [0, 0.1) is 12.3 Å². The van der Waals surface area contributed by atoms with E-state index in [0.717, 1.165) is 44.8 Å². The first-order valence-corrected chi connectivity index (χ1v) is 21.3. The van der Waals surface area contributed by atoms with Crippen LogP contribution in [0.2, 0.25) is 0 Å². The van der Waals surface area contributed by atoms with E-state index in [1.807, 2.05) is 80.6 Å². The predicted octanol–water partition coefficient (Wildman–Crippen LogP) is 6.82. The summed E-state index contributed by atoms with van der Waals surface area (Å²) in [5.74, 6) is -0.497. The van der Waals surface area contributed by atoms with Gasteiger partial charge in [0.15, 0.2) is 0 Å². The number of nitrogens with zero attached hydrogens (tertiary/aromatic N) is 5. The number of likely N-dealkylation sites (tertiary alicyclic amines) is 2. The van der Waals surface area contributed by atoms with E-state index in [1.54, 1.807) is 39.7 Å². The minimum Gasteiger partial charge on any atom is -0.507 e. The van der Waals surface area contributed by atoms with Crippen LogP contribution >= 0.6 is 22.7 Å². The zero-order chi connectivity index (χ0) is 40.3. The Labute approximate surface area is 340 Å². The number of hydrogen-bond acceptors (Lipinski definition) is 10. The number of thiazole rings is 1. The lowest BCUT2D eigenvalue weighted by Crippen LogP contribution is -2.57. The molecule has 5 heterocycles. The van der Waals surface area contributed by atoms with Crippen molar-refractivity contribution in [1.82, 2.24) is 35.6 Å². The van der Waals surface area contributed by atoms with E-state index in [0.29, 0.717) is 50.3 Å². The molecule has 0 saturated carbocycles. The third kappa shape index (κ3) is 9.18. The van der Waals surface area contributed by atoms with Gasteiger partial charge in [-0.1, -0.05) is 57.2 Å². The molecule has 4 amide bonds. The Balaban J connectivity index is 0.886. The van der Waals surface area contributed by atoms with Gasteiger partial charge >= 0.3 is 0 Å². The number of carbonyl (C=O) groups is 4. The first-order valence-electron chi connectivity index (χ1n) is 19.6. The number of rotatable bonds is 11. The number of carbonyl (C=O) groups excluding carboxylic acids is 4. The van der Waals surface area contributed by atoms with Crippen molar-refractivity contribution in [2.45, 2.75) is 90.8 Å². The summed E-state index contributed by atoms with van der Waals surface area (Å²) in [6.45, 7) is 9.62. The highest BCUT2D eigenvalue weighted by Crippen LogP contribution is 2.38. The summed E-state index contributed by atoms with van der Waals surface area (Å²) in [6.07, 6.45) is 2.87. The summed E-state index contributed by atoms with van der Waals surface area (Å²) in [5, 5.41) is 25.0. The molecule has 0 unspecified atom stereocenters. The molecule has 2 aliphatic heterocycles. The topological polar surface area (TPSA) is 158 Å². The lowest BCUT2D eigenvalue weighted by molar-refractivity contribution is -0.144. The van der Waals surface area contributed by atoms with Crippen molar-refractivity contribution in [1.29, 1.82) is 0 Å². The molecule has 298 valence electrons. The van der Waals surface area contributed by atoms with E-state index < -0.39 is 17.5 Å². The highest BCUT2D eigenvalue weighted by atomic mass is 32.1. The van der Waals surface area contributed by atoms with E-state index in [1.165, 1.54) is 4.88 Å². The maximum absolute atomic E-state index is 14.0. The van der Waals surface area contributed by atoms with Crippen molar-refractivity contribution >= 4 is 56.5 Å². The Morgan fingerprint density at radius 3 is 2.40 bits per heavy atom. The largest absolute Gasteiger partial charge is 0.507 e. The summed E-state index contributed by atoms with van der Waals surface area (Å²) in [5.41, 5.74) is 6.31. The van der Waals surface area contributed by atoms with Gasteiger partial charge in [-0.05, 0) is 79.3 Å². The number of nitrogens with one attached hydrogen (secondary N) is 2. The van der Waals surface area contributed by atoms with Crippen LogP contribution in [0.25, 0.3) is 31.9 Å². The van der Waals surface area contributed by atoms with Gasteiger partial charge in [0.05, 0.1) is 26.5 Å². The summed E-state index contributed by atoms with van der Waals surface area (Å²) in [4.78, 5) is 64.1. The van der Waals surface area contributed by atoms with E-state index in [-0.39, 0.29) is 48.1 Å². The lowest BCUT2D eigenvalue weighted by Gasteiger charge is -2.35. The maximum atomic E-state index is 14.0. The van der Waals surface area contributed by atoms with Gasteiger partial charge in [-0.25, -0.2) is 4.98 Å². The van der Waals surface area contributed by atoms with Gasteiger partial charge in [-0.3, -0.25) is 19.2 Å². The van der Waals surface area contributed by atoms with E-state index in [9.17, 15) is 24.3 Å². The molecule has 2 aromatic carbocycles. The van der Waals surface area contributed by atoms with Crippen molar-refractivity contribution in [3.05, 3.63) is 82.3 Å². The first-order chi connectivity index (χ1) is 27.4. The number of hydrogen-bond donors (Lipinski definition) is 3. The number of phenols is 1. The van der Waals surface area contributed by atoms with Gasteiger partial charge in [-0.2, -0.15) is 0 Å². The molecule has 3 aromatic heterocycles. The highest BCUT2D eigenvalue weighted by Gasteiger charge is 2.42. The zero-order valence-corrected chi connectivity index (χ0v) is 34.4. The normalized spacial score (nSPS) is 16.8. The van der Waals surface area contributed by atoms with E-state index in [4.69, 9.17) is 0 Å². The fraction of sp³-hybridized carbons (Fsp3) is 0.419. The van der Waals surface area contributed by atoms with Crippen LogP contribution in [0.4, 0.5) is 0 Å². The van der Waals surface area contributed by atoms with Crippen molar-refractivity contribution in [2.75, 3.05) is 19.6 Å². The molecule has 0 bridgehead atoms. The van der Waals surface area contributed by atoms with Crippen molar-refractivity contribution < 1.29 is 24.3 Å². The lowest BCUT2D eigenvalue weighted by atomic mass is 9.85. The molecule has 2 fully saturated rings. The minimum absolute atomic E-state index is 0.0296. The average Bonchev–Trinajstić information content (AvgIpc) is 3.98. The fourth-order valence-electron chi connectivity index (χ4n) is 7.68. The number of piperidine rings is 1. The third-order valence-corrected chi connectivity index (χ3v) is 13.2. The zero-order valence-electron chi connectivity index (χ0n) is 32.8. The van der Waals surface area contributed by atoms with Gasteiger partial charge < -0.3 is 25.5 Å². The predicted molar refractivity (Wildman–Crippen MR) is 223 cm³/mol. The molecule has 0 spiro atoms. The van der Waals surface area contributed by atoms with Crippen LogP contribution in [0.15, 0.2) is 66.2 Å². The van der Waals surface area contributed by atoms with Gasteiger partial charge in [0, 0.05) is 49.5 Å². The van der Waals surface area contributed by atoms with Gasteiger partial charge in [0.25, 0.3) is 0 Å². The molecule has 5 aromatic rings. The Hall–Kier alpha value is -5.21. The molecule has 57 heavy (non-hydrogen) atoms.